The van der Waals surface area contributed by atoms with Crippen molar-refractivity contribution in [1.82, 2.24) is 0 Å². The molecule has 0 heterocycles. The van der Waals surface area contributed by atoms with Gasteiger partial charge in [-0.25, -0.2) is 0 Å². The first kappa shape index (κ1) is 29.1. The van der Waals surface area contributed by atoms with Crippen molar-refractivity contribution >= 4 is 29.2 Å². The fourth-order valence-corrected chi connectivity index (χ4v) is 4.34. The Morgan fingerprint density at radius 1 is 0.621 bits per heavy atom. The van der Waals surface area contributed by atoms with Crippen LogP contribution in [0.3, 0.4) is 0 Å². The van der Waals surface area contributed by atoms with Crippen molar-refractivity contribution in [3.8, 4) is 0 Å². The van der Waals surface area contributed by atoms with Crippen LogP contribution in [0.1, 0.15) is 135 Å². The highest BCUT2D eigenvalue weighted by molar-refractivity contribution is 6.29. The topological polar surface area (TPSA) is 26.3 Å². The number of methoxy groups -OCH3 is 1. The predicted molar refractivity (Wildman–Crippen MR) is 129 cm³/mol. The average Bonchev–Trinajstić information content (AvgIpc) is 2.73. The molecule has 0 aliphatic rings. The van der Waals surface area contributed by atoms with E-state index in [1.165, 1.54) is 103 Å². The third kappa shape index (κ3) is 21.1. The molecule has 0 aliphatic carbocycles. The van der Waals surface area contributed by atoms with E-state index in [2.05, 4.69) is 11.7 Å². The summed E-state index contributed by atoms with van der Waals surface area (Å²) in [5.74, 6) is -0.0788. The Hall–Kier alpha value is 0.0500. The number of unbranched alkanes of at least 4 members (excludes halogenated alkanes) is 15. The molecule has 4 heteroatoms. The fourth-order valence-electron chi connectivity index (χ4n) is 3.78. The number of esters is 1. The van der Waals surface area contributed by atoms with Crippen LogP contribution in [0.4, 0.5) is 0 Å². The molecule has 2 nitrogen and oxygen atoms in total. The highest BCUT2D eigenvalue weighted by atomic mass is 35.5. The van der Waals surface area contributed by atoms with E-state index in [0.717, 1.165) is 25.7 Å². The Morgan fingerprint density at radius 2 is 0.966 bits per heavy atom. The molecule has 2 atom stereocenters. The fraction of sp³-hybridized carbons (Fsp3) is 0.960. The van der Waals surface area contributed by atoms with Gasteiger partial charge in [-0.05, 0) is 19.3 Å². The van der Waals surface area contributed by atoms with Gasteiger partial charge in [0.05, 0.1) is 7.11 Å². The molecule has 0 aromatic rings. The van der Waals surface area contributed by atoms with E-state index in [1.807, 2.05) is 0 Å². The zero-order valence-corrected chi connectivity index (χ0v) is 20.9. The smallest absolute Gasteiger partial charge is 0.305 e. The van der Waals surface area contributed by atoms with Crippen LogP contribution >= 0.6 is 23.2 Å². The third-order valence-corrected chi connectivity index (χ3v) is 6.99. The van der Waals surface area contributed by atoms with Gasteiger partial charge in [-0.3, -0.25) is 4.79 Å². The zero-order chi connectivity index (χ0) is 21.6. The van der Waals surface area contributed by atoms with Crippen LogP contribution in [0.25, 0.3) is 0 Å². The van der Waals surface area contributed by atoms with Gasteiger partial charge in [0.15, 0.2) is 0 Å². The number of alkyl halides is 2. The minimum absolute atomic E-state index is 0.0788. The van der Waals surface area contributed by atoms with Crippen LogP contribution in [0.5, 0.6) is 0 Å². The second-order valence-electron chi connectivity index (χ2n) is 8.59. The Bertz CT molecular complexity index is 350. The van der Waals surface area contributed by atoms with Gasteiger partial charge in [0, 0.05) is 17.2 Å². The summed E-state index contributed by atoms with van der Waals surface area (Å²) >= 11 is 13.0. The second kappa shape index (κ2) is 22.7. The number of halogens is 2. The molecule has 29 heavy (non-hydrogen) atoms. The zero-order valence-electron chi connectivity index (χ0n) is 19.4. The summed E-state index contributed by atoms with van der Waals surface area (Å²) < 4.78 is 4.65. The lowest BCUT2D eigenvalue weighted by atomic mass is 10.0. The van der Waals surface area contributed by atoms with E-state index >= 15 is 0 Å². The summed E-state index contributed by atoms with van der Waals surface area (Å²) in [4.78, 5) is 11.0. The van der Waals surface area contributed by atoms with Crippen molar-refractivity contribution < 1.29 is 9.53 Å². The summed E-state index contributed by atoms with van der Waals surface area (Å²) in [7, 11) is 1.46. The van der Waals surface area contributed by atoms with Gasteiger partial charge in [-0.1, -0.05) is 110 Å². The van der Waals surface area contributed by atoms with Crippen molar-refractivity contribution in [3.63, 3.8) is 0 Å². The molecular weight excluding hydrogens is 403 g/mol. The quantitative estimate of drug-likeness (QED) is 0.0931. The van der Waals surface area contributed by atoms with Crippen molar-refractivity contribution in [1.29, 1.82) is 0 Å². The van der Waals surface area contributed by atoms with Gasteiger partial charge in [-0.2, -0.15) is 0 Å². The number of ether oxygens (including phenoxy) is 1. The maximum atomic E-state index is 11.0. The number of hydrogen-bond acceptors (Lipinski definition) is 2. The van der Waals surface area contributed by atoms with E-state index in [1.54, 1.807) is 0 Å². The molecule has 0 fully saturated rings. The van der Waals surface area contributed by atoms with Gasteiger partial charge in [0.1, 0.15) is 0 Å². The van der Waals surface area contributed by atoms with Crippen LogP contribution in [-0.2, 0) is 9.53 Å². The van der Waals surface area contributed by atoms with E-state index in [0.29, 0.717) is 6.42 Å². The van der Waals surface area contributed by atoms with E-state index < -0.39 is 0 Å². The van der Waals surface area contributed by atoms with Crippen molar-refractivity contribution in [2.75, 3.05) is 7.11 Å². The minimum Gasteiger partial charge on any atom is -0.469 e. The van der Waals surface area contributed by atoms with E-state index in [-0.39, 0.29) is 16.7 Å². The van der Waals surface area contributed by atoms with Gasteiger partial charge in [0.25, 0.3) is 0 Å². The van der Waals surface area contributed by atoms with Crippen LogP contribution in [0.15, 0.2) is 0 Å². The molecule has 0 spiro atoms. The monoisotopic (exact) mass is 450 g/mol. The van der Waals surface area contributed by atoms with Crippen molar-refractivity contribution in [3.05, 3.63) is 0 Å². The molecule has 0 saturated carbocycles. The summed E-state index contributed by atoms with van der Waals surface area (Å²) in [5.41, 5.74) is 0. The lowest BCUT2D eigenvalue weighted by Gasteiger charge is -2.16. The maximum absolute atomic E-state index is 11.0. The van der Waals surface area contributed by atoms with Crippen LogP contribution in [0, 0.1) is 0 Å². The molecule has 0 bridgehead atoms. The Balaban J connectivity index is 3.29. The van der Waals surface area contributed by atoms with Crippen molar-refractivity contribution in [2.45, 2.75) is 146 Å². The first-order chi connectivity index (χ1) is 14.1. The molecule has 0 rings (SSSR count). The Labute approximate surface area is 191 Å². The van der Waals surface area contributed by atoms with Gasteiger partial charge in [0.2, 0.25) is 0 Å². The first-order valence-corrected chi connectivity index (χ1v) is 13.3. The first-order valence-electron chi connectivity index (χ1n) is 12.5. The van der Waals surface area contributed by atoms with Gasteiger partial charge < -0.3 is 4.74 Å². The lowest BCUT2D eigenvalue weighted by molar-refractivity contribution is -0.140. The Morgan fingerprint density at radius 3 is 1.34 bits per heavy atom. The van der Waals surface area contributed by atoms with Crippen LogP contribution in [-0.4, -0.2) is 23.8 Å². The SMILES string of the molecule is CCCCCCCCC(Cl)C(Cl)CCCCCCCCCCCCCC(=O)OC. The molecule has 0 saturated heterocycles. The number of carbonyl (C=O) groups excluding carboxylic acids is 1. The predicted octanol–water partition coefficient (Wildman–Crippen LogP) is 9.20. The van der Waals surface area contributed by atoms with Gasteiger partial charge >= 0.3 is 5.97 Å². The Kier molecular flexibility index (Phi) is 22.8. The molecule has 0 N–H and O–H groups in total. The molecule has 0 radical (unpaired) electrons. The van der Waals surface area contributed by atoms with E-state index in [9.17, 15) is 4.79 Å². The molecular formula is C25H48Cl2O2. The third-order valence-electron chi connectivity index (χ3n) is 5.81. The molecule has 0 aliphatic heterocycles. The summed E-state index contributed by atoms with van der Waals surface area (Å²) in [6.07, 6.45) is 24.5. The van der Waals surface area contributed by atoms with Crippen molar-refractivity contribution in [2.24, 2.45) is 0 Å². The normalized spacial score (nSPS) is 13.4. The number of rotatable bonds is 22. The highest BCUT2D eigenvalue weighted by Crippen LogP contribution is 2.23. The molecule has 0 aromatic carbocycles. The summed E-state index contributed by atoms with van der Waals surface area (Å²) in [5, 5.41) is 0.293. The molecule has 0 amide bonds. The molecule has 174 valence electrons. The lowest BCUT2D eigenvalue weighted by Crippen LogP contribution is -2.14. The molecule has 2 unspecified atom stereocenters. The minimum atomic E-state index is -0.0788. The second-order valence-corrected chi connectivity index (χ2v) is 9.71. The summed E-state index contributed by atoms with van der Waals surface area (Å²) in [6.45, 7) is 2.26. The molecule has 0 aromatic heterocycles. The van der Waals surface area contributed by atoms with Crippen LogP contribution in [0.2, 0.25) is 0 Å². The highest BCUT2D eigenvalue weighted by Gasteiger charge is 2.15. The van der Waals surface area contributed by atoms with Crippen LogP contribution < -0.4 is 0 Å². The maximum Gasteiger partial charge on any atom is 0.305 e. The standard InChI is InChI=1S/C25H48Cl2O2/c1-3-4-5-6-14-17-20-23(26)24(27)21-18-15-12-10-8-7-9-11-13-16-19-22-25(28)29-2/h23-24H,3-22H2,1-2H3. The summed E-state index contributed by atoms with van der Waals surface area (Å²) in [6, 6.07) is 0. The van der Waals surface area contributed by atoms with Gasteiger partial charge in [-0.15, -0.1) is 23.2 Å². The number of carbonyl (C=O) groups is 1. The largest absolute Gasteiger partial charge is 0.469 e. The van der Waals surface area contributed by atoms with E-state index in [4.69, 9.17) is 23.2 Å². The average molecular weight is 452 g/mol. The number of hydrogen-bond donors (Lipinski definition) is 0.